The summed E-state index contributed by atoms with van der Waals surface area (Å²) in [5.41, 5.74) is 0.804. The molecule has 0 aromatic carbocycles. The molecule has 8 nitrogen and oxygen atoms in total. The molecule has 3 fully saturated rings. The molecule has 6 rings (SSSR count). The van der Waals surface area contributed by atoms with E-state index in [1.807, 2.05) is 0 Å². The molecular formula is C15H19N7OS. The van der Waals surface area contributed by atoms with E-state index in [4.69, 9.17) is 9.73 Å². The van der Waals surface area contributed by atoms with Gasteiger partial charge in [0.15, 0.2) is 15.9 Å². The van der Waals surface area contributed by atoms with E-state index in [1.54, 1.807) is 13.3 Å². The monoisotopic (exact) mass is 345 g/mol. The Bertz CT molecular complexity index is 813. The number of nitrogens with one attached hydrogen (secondary N) is 2. The van der Waals surface area contributed by atoms with Gasteiger partial charge in [0.25, 0.3) is 0 Å². The minimum absolute atomic E-state index is 0.0402. The third-order valence-corrected chi connectivity index (χ3v) is 6.16. The van der Waals surface area contributed by atoms with Crippen molar-refractivity contribution in [3.05, 3.63) is 6.20 Å². The molecule has 0 aliphatic carbocycles. The predicted octanol–water partition coefficient (Wildman–Crippen LogP) is 0.930. The maximum atomic E-state index is 5.06. The molecule has 0 saturated carbocycles. The fourth-order valence-corrected chi connectivity index (χ4v) is 4.86. The highest BCUT2D eigenvalue weighted by Crippen LogP contribution is 2.39. The smallest absolute Gasteiger partial charge is 0.317 e. The van der Waals surface area contributed by atoms with Crippen molar-refractivity contribution in [2.24, 2.45) is 10.9 Å². The molecule has 2 aromatic rings. The van der Waals surface area contributed by atoms with Gasteiger partial charge in [-0.25, -0.2) is 15.0 Å². The molecule has 4 aliphatic heterocycles. The topological polar surface area (TPSA) is 87.6 Å². The predicted molar refractivity (Wildman–Crippen MR) is 92.7 cm³/mol. The van der Waals surface area contributed by atoms with Gasteiger partial charge in [0.2, 0.25) is 0 Å². The van der Waals surface area contributed by atoms with Gasteiger partial charge < -0.3 is 20.3 Å². The van der Waals surface area contributed by atoms with Crippen LogP contribution in [0.3, 0.4) is 0 Å². The number of aliphatic imine (C=N–C) groups is 1. The zero-order chi connectivity index (χ0) is 16.1. The van der Waals surface area contributed by atoms with Crippen molar-refractivity contribution in [2.45, 2.75) is 18.4 Å². The van der Waals surface area contributed by atoms with Crippen LogP contribution in [0, 0.1) is 5.92 Å². The zero-order valence-corrected chi connectivity index (χ0v) is 14.3. The summed E-state index contributed by atoms with van der Waals surface area (Å²) in [5, 5.41) is 7.53. The Morgan fingerprint density at radius 1 is 1.38 bits per heavy atom. The highest BCUT2D eigenvalue weighted by Gasteiger charge is 2.49. The Kier molecular flexibility index (Phi) is 3.14. The lowest BCUT2D eigenvalue weighted by molar-refractivity contribution is 0.0374. The van der Waals surface area contributed by atoms with E-state index >= 15 is 0 Å². The maximum Gasteiger partial charge on any atom is 0.317 e. The zero-order valence-electron chi connectivity index (χ0n) is 13.4. The molecule has 2 bridgehead atoms. The number of anilines is 1. The van der Waals surface area contributed by atoms with Crippen molar-refractivity contribution in [1.29, 1.82) is 0 Å². The van der Waals surface area contributed by atoms with E-state index in [0.29, 0.717) is 11.9 Å². The molecule has 2 N–H and O–H groups in total. The Labute approximate surface area is 143 Å². The first kappa shape index (κ1) is 14.4. The van der Waals surface area contributed by atoms with Crippen molar-refractivity contribution >= 4 is 32.8 Å². The van der Waals surface area contributed by atoms with Crippen LogP contribution in [0.2, 0.25) is 0 Å². The summed E-state index contributed by atoms with van der Waals surface area (Å²) in [6, 6.07) is 0.361. The lowest BCUT2D eigenvalue weighted by Gasteiger charge is -2.49. The SMILES string of the molecule is COc1ncc2nc(NC3=NC4(CN3)CN3CCC4CC3)sc2n1. The third-order valence-electron chi connectivity index (χ3n) is 5.28. The van der Waals surface area contributed by atoms with E-state index in [2.05, 4.69) is 30.5 Å². The average Bonchev–Trinajstić information content (AvgIpc) is 3.19. The van der Waals surface area contributed by atoms with E-state index < -0.39 is 0 Å². The quantitative estimate of drug-likeness (QED) is 0.837. The Balaban J connectivity index is 1.39. The first-order valence-corrected chi connectivity index (χ1v) is 9.06. The summed E-state index contributed by atoms with van der Waals surface area (Å²) >= 11 is 1.48. The summed E-state index contributed by atoms with van der Waals surface area (Å²) in [5.74, 6) is 1.52. The molecule has 9 heteroatoms. The van der Waals surface area contributed by atoms with Gasteiger partial charge in [-0.1, -0.05) is 11.3 Å². The molecule has 6 heterocycles. The van der Waals surface area contributed by atoms with Crippen molar-refractivity contribution in [1.82, 2.24) is 25.2 Å². The summed E-state index contributed by atoms with van der Waals surface area (Å²) in [6.07, 6.45) is 4.20. The van der Waals surface area contributed by atoms with Crippen molar-refractivity contribution in [3.8, 4) is 6.01 Å². The average molecular weight is 345 g/mol. The number of methoxy groups -OCH3 is 1. The summed E-state index contributed by atoms with van der Waals surface area (Å²) in [6.45, 7) is 4.43. The summed E-state index contributed by atoms with van der Waals surface area (Å²) in [7, 11) is 1.56. The minimum atomic E-state index is 0.0402. The highest BCUT2D eigenvalue weighted by atomic mass is 32.1. The normalized spacial score (nSPS) is 31.3. The molecule has 1 atom stereocenters. The second-order valence-corrected chi connectivity index (χ2v) is 7.64. The number of piperidine rings is 3. The number of aromatic nitrogens is 3. The van der Waals surface area contributed by atoms with Crippen LogP contribution in [0.15, 0.2) is 11.2 Å². The lowest BCUT2D eigenvalue weighted by Crippen LogP contribution is -2.59. The fraction of sp³-hybridized carbons (Fsp3) is 0.600. The number of ether oxygens (including phenoxy) is 1. The van der Waals surface area contributed by atoms with E-state index in [-0.39, 0.29) is 5.54 Å². The number of rotatable bonds is 2. The first-order valence-electron chi connectivity index (χ1n) is 8.25. The molecule has 2 aromatic heterocycles. The standard InChI is InChI=1S/C15H19N7OS/c1-23-13-16-6-10-11(19-13)24-14(18-10)20-12-17-7-15(21-12)8-22-4-2-9(15)3-5-22/h6,9H,2-5,7-8H2,1H3,(H2,17,18,20,21). The largest absolute Gasteiger partial charge is 0.467 e. The van der Waals surface area contributed by atoms with Crippen LogP contribution in [0.25, 0.3) is 10.3 Å². The molecule has 4 aliphatic rings. The van der Waals surface area contributed by atoms with E-state index in [0.717, 1.165) is 34.5 Å². The van der Waals surface area contributed by atoms with Crippen LogP contribution in [0.5, 0.6) is 6.01 Å². The Morgan fingerprint density at radius 3 is 3.00 bits per heavy atom. The number of thiazole rings is 1. The van der Waals surface area contributed by atoms with Crippen molar-refractivity contribution < 1.29 is 4.74 Å². The van der Waals surface area contributed by atoms with Crippen LogP contribution >= 0.6 is 11.3 Å². The number of nitrogens with zero attached hydrogens (tertiary/aromatic N) is 5. The van der Waals surface area contributed by atoms with Crippen LogP contribution in [0.1, 0.15) is 12.8 Å². The second-order valence-electron chi connectivity index (χ2n) is 6.66. The molecular weight excluding hydrogens is 326 g/mol. The van der Waals surface area contributed by atoms with Gasteiger partial charge >= 0.3 is 6.01 Å². The first-order chi connectivity index (χ1) is 11.7. The molecule has 1 spiro atoms. The van der Waals surface area contributed by atoms with Crippen molar-refractivity contribution in [3.63, 3.8) is 0 Å². The minimum Gasteiger partial charge on any atom is -0.467 e. The fourth-order valence-electron chi connectivity index (χ4n) is 4.06. The molecule has 0 radical (unpaired) electrons. The molecule has 3 saturated heterocycles. The van der Waals surface area contributed by atoms with Gasteiger partial charge in [0.1, 0.15) is 5.52 Å². The number of guanidine groups is 1. The van der Waals surface area contributed by atoms with Crippen LogP contribution in [0.4, 0.5) is 5.13 Å². The van der Waals surface area contributed by atoms with Crippen LogP contribution in [-0.4, -0.2) is 64.6 Å². The maximum absolute atomic E-state index is 5.06. The van der Waals surface area contributed by atoms with E-state index in [1.165, 1.54) is 37.3 Å². The Morgan fingerprint density at radius 2 is 2.25 bits per heavy atom. The molecule has 24 heavy (non-hydrogen) atoms. The summed E-state index contributed by atoms with van der Waals surface area (Å²) in [4.78, 5) is 21.3. The highest BCUT2D eigenvalue weighted by molar-refractivity contribution is 7.21. The van der Waals surface area contributed by atoms with Crippen LogP contribution < -0.4 is 15.4 Å². The van der Waals surface area contributed by atoms with Crippen molar-refractivity contribution in [2.75, 3.05) is 38.6 Å². The molecule has 126 valence electrons. The van der Waals surface area contributed by atoms with Gasteiger partial charge in [0, 0.05) is 13.1 Å². The summed E-state index contributed by atoms with van der Waals surface area (Å²) < 4.78 is 5.06. The van der Waals surface area contributed by atoms with Gasteiger partial charge in [-0.3, -0.25) is 0 Å². The molecule has 1 unspecified atom stereocenters. The van der Waals surface area contributed by atoms with Gasteiger partial charge in [-0.15, -0.1) is 0 Å². The van der Waals surface area contributed by atoms with Crippen LogP contribution in [-0.2, 0) is 0 Å². The van der Waals surface area contributed by atoms with Gasteiger partial charge in [-0.2, -0.15) is 4.98 Å². The lowest BCUT2D eigenvalue weighted by atomic mass is 9.73. The van der Waals surface area contributed by atoms with E-state index in [9.17, 15) is 0 Å². The third kappa shape index (κ3) is 2.22. The molecule has 0 amide bonds. The van der Waals surface area contributed by atoms with Gasteiger partial charge in [-0.05, 0) is 31.8 Å². The van der Waals surface area contributed by atoms with Gasteiger partial charge in [0.05, 0.1) is 18.8 Å². The number of hydrogen-bond acceptors (Lipinski definition) is 9. The number of hydrogen-bond donors (Lipinski definition) is 2. The second kappa shape index (κ2) is 5.25. The number of fused-ring (bicyclic) bond motifs is 3. The Hall–Kier alpha value is -2.00.